The highest BCUT2D eigenvalue weighted by Crippen LogP contribution is 2.32. The molecule has 7 heteroatoms. The summed E-state index contributed by atoms with van der Waals surface area (Å²) in [5.74, 6) is 1.05. The summed E-state index contributed by atoms with van der Waals surface area (Å²) in [6.45, 7) is 4.76. The average Bonchev–Trinajstić information content (AvgIpc) is 3.02. The second kappa shape index (κ2) is 6.98. The minimum Gasteiger partial charge on any atom is -0.497 e. The third-order valence-electron chi connectivity index (χ3n) is 4.83. The van der Waals surface area contributed by atoms with Gasteiger partial charge in [-0.05, 0) is 37.0 Å². The molecule has 3 rings (SSSR count). The summed E-state index contributed by atoms with van der Waals surface area (Å²) >= 11 is 0. The summed E-state index contributed by atoms with van der Waals surface area (Å²) < 4.78 is 6.99. The largest absolute Gasteiger partial charge is 0.497 e. The van der Waals surface area contributed by atoms with Crippen molar-refractivity contribution in [3.63, 3.8) is 0 Å². The summed E-state index contributed by atoms with van der Waals surface area (Å²) in [4.78, 5) is 19.3. The van der Waals surface area contributed by atoms with Crippen LogP contribution in [0.2, 0.25) is 0 Å². The van der Waals surface area contributed by atoms with Gasteiger partial charge >= 0.3 is 0 Å². The van der Waals surface area contributed by atoms with E-state index in [9.17, 15) is 4.79 Å². The third kappa shape index (κ3) is 3.08. The predicted molar refractivity (Wildman–Crippen MR) is 103 cm³/mol. The number of ether oxygens (including phenoxy) is 1. The fraction of sp³-hybridized carbons (Fsp3) is 0.444. The van der Waals surface area contributed by atoms with Crippen molar-refractivity contribution in [1.29, 1.82) is 0 Å². The Kier molecular flexibility index (Phi) is 4.93. The molecule has 126 valence electrons. The molecular formula is C18H21B2N3O2. The zero-order chi connectivity index (χ0) is 18.1. The van der Waals surface area contributed by atoms with Gasteiger partial charge in [0.1, 0.15) is 21.4 Å². The van der Waals surface area contributed by atoms with Gasteiger partial charge in [-0.15, -0.1) is 0 Å². The van der Waals surface area contributed by atoms with Crippen LogP contribution in [0, 0.1) is 0 Å². The van der Waals surface area contributed by atoms with Gasteiger partial charge in [0.2, 0.25) is 0 Å². The highest BCUT2D eigenvalue weighted by atomic mass is 16.5. The van der Waals surface area contributed by atoms with Crippen LogP contribution in [0.5, 0.6) is 5.75 Å². The number of rotatable bonds is 5. The Balaban J connectivity index is 2.13. The van der Waals surface area contributed by atoms with Crippen molar-refractivity contribution < 1.29 is 4.74 Å². The van der Waals surface area contributed by atoms with Crippen molar-refractivity contribution in [2.24, 2.45) is 0 Å². The monoisotopic (exact) mass is 333 g/mol. The van der Waals surface area contributed by atoms with E-state index in [1.54, 1.807) is 23.9 Å². The van der Waals surface area contributed by atoms with Gasteiger partial charge < -0.3 is 14.2 Å². The van der Waals surface area contributed by atoms with Crippen LogP contribution in [0.3, 0.4) is 0 Å². The first-order valence-electron chi connectivity index (χ1n) is 8.62. The molecule has 2 heterocycles. The van der Waals surface area contributed by atoms with Gasteiger partial charge in [0.25, 0.3) is 5.56 Å². The number of hydrogen-bond acceptors (Lipinski definition) is 4. The van der Waals surface area contributed by atoms with Gasteiger partial charge in [-0.2, -0.15) is 0 Å². The molecule has 1 aliphatic rings. The highest BCUT2D eigenvalue weighted by molar-refractivity contribution is 6.36. The van der Waals surface area contributed by atoms with E-state index in [-0.39, 0.29) is 11.6 Å². The van der Waals surface area contributed by atoms with Crippen LogP contribution in [-0.4, -0.2) is 38.9 Å². The lowest BCUT2D eigenvalue weighted by Crippen LogP contribution is -2.36. The molecule has 4 radical (unpaired) electrons. The maximum atomic E-state index is 13.0. The minimum absolute atomic E-state index is 0.104. The van der Waals surface area contributed by atoms with Gasteiger partial charge in [0.05, 0.1) is 7.11 Å². The molecule has 0 unspecified atom stereocenters. The Morgan fingerprint density at radius 2 is 2.00 bits per heavy atom. The summed E-state index contributed by atoms with van der Waals surface area (Å²) in [5, 5.41) is 0. The van der Waals surface area contributed by atoms with Crippen LogP contribution < -0.4 is 26.3 Å². The fourth-order valence-electron chi connectivity index (χ4n) is 3.53. The summed E-state index contributed by atoms with van der Waals surface area (Å²) in [5.41, 5.74) is 2.65. The number of anilines is 2. The van der Waals surface area contributed by atoms with Gasteiger partial charge in [-0.25, -0.2) is 4.98 Å². The molecule has 0 N–H and O–H groups in total. The van der Waals surface area contributed by atoms with Crippen LogP contribution in [0.4, 0.5) is 11.5 Å². The molecule has 5 nitrogen and oxygen atoms in total. The van der Waals surface area contributed by atoms with Crippen molar-refractivity contribution in [3.05, 3.63) is 34.2 Å². The Hall–Kier alpha value is -2.17. The van der Waals surface area contributed by atoms with Crippen LogP contribution >= 0.6 is 0 Å². The fourth-order valence-corrected chi connectivity index (χ4v) is 3.53. The van der Waals surface area contributed by atoms with Gasteiger partial charge in [0.15, 0.2) is 5.82 Å². The molecule has 0 fully saturated rings. The molecule has 1 aromatic heterocycles. The van der Waals surface area contributed by atoms with E-state index in [0.717, 1.165) is 30.5 Å². The first kappa shape index (κ1) is 17.6. The number of fused-ring (bicyclic) bond motifs is 1. The second-order valence-electron chi connectivity index (χ2n) is 6.30. The molecule has 0 bridgehead atoms. The smallest absolute Gasteiger partial charge is 0.294 e. The third-order valence-corrected chi connectivity index (χ3v) is 4.83. The molecule has 0 saturated carbocycles. The van der Waals surface area contributed by atoms with E-state index in [1.165, 1.54) is 0 Å². The Bertz CT molecular complexity index is 847. The molecular weight excluding hydrogens is 312 g/mol. The van der Waals surface area contributed by atoms with E-state index in [4.69, 9.17) is 20.4 Å². The number of aromatic nitrogens is 2. The van der Waals surface area contributed by atoms with E-state index < -0.39 is 0 Å². The normalized spacial score (nSPS) is 13.4. The quantitative estimate of drug-likeness (QED) is 0.763. The average molecular weight is 333 g/mol. The van der Waals surface area contributed by atoms with Crippen molar-refractivity contribution in [1.82, 2.24) is 9.55 Å². The van der Waals surface area contributed by atoms with Gasteiger partial charge in [0, 0.05) is 30.1 Å². The lowest BCUT2D eigenvalue weighted by Gasteiger charge is -2.24. The summed E-state index contributed by atoms with van der Waals surface area (Å²) in [6.07, 6.45) is 4.12. The number of benzene rings is 1. The molecule has 1 aromatic carbocycles. The first-order valence-corrected chi connectivity index (χ1v) is 8.62. The number of nitrogens with zero attached hydrogens (tertiary/aromatic N) is 3. The maximum absolute atomic E-state index is 13.0. The topological polar surface area (TPSA) is 47.4 Å². The summed E-state index contributed by atoms with van der Waals surface area (Å²) in [7, 11) is 13.8. The van der Waals surface area contributed by atoms with Crippen LogP contribution in [0.15, 0.2) is 23.1 Å². The zero-order valence-corrected chi connectivity index (χ0v) is 15.0. The van der Waals surface area contributed by atoms with E-state index in [2.05, 4.69) is 18.8 Å². The first-order chi connectivity index (χ1) is 12.0. The molecule has 0 spiro atoms. The van der Waals surface area contributed by atoms with E-state index in [1.807, 2.05) is 11.0 Å². The standard InChI is InChI=1S/C18H21B2N3O2/c1-4-12(5-2)23-10-15(20)21-17(18(23)24)22-7-6-11-8-13(25-3)9-14(19)16(11)22/h8-10,12H,4-7H2,1-3H3. The molecule has 1 aliphatic heterocycles. The molecule has 0 atom stereocenters. The molecule has 0 amide bonds. The van der Waals surface area contributed by atoms with Crippen LogP contribution in [0.1, 0.15) is 38.3 Å². The van der Waals surface area contributed by atoms with Crippen molar-refractivity contribution in [2.45, 2.75) is 39.2 Å². The molecule has 0 aliphatic carbocycles. The van der Waals surface area contributed by atoms with Crippen molar-refractivity contribution in [3.8, 4) is 5.75 Å². The summed E-state index contributed by atoms with van der Waals surface area (Å²) in [6, 6.07) is 3.83. The maximum Gasteiger partial charge on any atom is 0.294 e. The van der Waals surface area contributed by atoms with E-state index in [0.29, 0.717) is 29.2 Å². The Morgan fingerprint density at radius 1 is 1.28 bits per heavy atom. The van der Waals surface area contributed by atoms with Gasteiger partial charge in [-0.1, -0.05) is 19.3 Å². The molecule has 25 heavy (non-hydrogen) atoms. The number of methoxy groups -OCH3 is 1. The molecule has 0 saturated heterocycles. The predicted octanol–water partition coefficient (Wildman–Crippen LogP) is 0.895. The lowest BCUT2D eigenvalue weighted by atomic mass is 9.91. The lowest BCUT2D eigenvalue weighted by molar-refractivity contribution is 0.415. The van der Waals surface area contributed by atoms with Crippen LogP contribution in [-0.2, 0) is 6.42 Å². The minimum atomic E-state index is -0.133. The van der Waals surface area contributed by atoms with E-state index >= 15 is 0 Å². The van der Waals surface area contributed by atoms with Crippen molar-refractivity contribution >= 4 is 38.3 Å². The van der Waals surface area contributed by atoms with Crippen LogP contribution in [0.25, 0.3) is 0 Å². The Morgan fingerprint density at radius 3 is 2.64 bits per heavy atom. The Labute approximate surface area is 150 Å². The zero-order valence-electron chi connectivity index (χ0n) is 15.0. The van der Waals surface area contributed by atoms with Gasteiger partial charge in [-0.3, -0.25) is 4.79 Å². The SMILES string of the molecule is [B]c1cn(C(CC)CC)c(=O)c(N2CCc3cc(OC)cc([B])c32)n1. The molecule has 2 aromatic rings. The highest BCUT2D eigenvalue weighted by Gasteiger charge is 2.27. The second-order valence-corrected chi connectivity index (χ2v) is 6.30. The van der Waals surface area contributed by atoms with Crippen molar-refractivity contribution in [2.75, 3.05) is 18.6 Å². The number of hydrogen-bond donors (Lipinski definition) is 0.